The van der Waals surface area contributed by atoms with Crippen LogP contribution >= 0.6 is 0 Å². The molecule has 3 N–H and O–H groups in total. The van der Waals surface area contributed by atoms with Crippen molar-refractivity contribution in [1.29, 1.82) is 0 Å². The molecule has 162 valence electrons. The summed E-state index contributed by atoms with van der Waals surface area (Å²) in [6.45, 7) is 4.71. The number of amides is 1. The van der Waals surface area contributed by atoms with Gasteiger partial charge in [-0.15, -0.1) is 0 Å². The minimum absolute atomic E-state index is 0.489. The molecule has 8 nitrogen and oxygen atoms in total. The van der Waals surface area contributed by atoms with Gasteiger partial charge in [0.15, 0.2) is 5.96 Å². The summed E-state index contributed by atoms with van der Waals surface area (Å²) >= 11 is 0. The summed E-state index contributed by atoms with van der Waals surface area (Å²) < 4.78 is 6.51. The summed E-state index contributed by atoms with van der Waals surface area (Å²) in [5.74, 6) is 0.744. The van der Waals surface area contributed by atoms with E-state index in [0.717, 1.165) is 24.6 Å². The van der Waals surface area contributed by atoms with Crippen molar-refractivity contribution in [2.75, 3.05) is 19.0 Å². The van der Waals surface area contributed by atoms with Gasteiger partial charge in [0.05, 0.1) is 20.2 Å². The molecule has 1 amide bonds. The molecule has 1 aromatic heterocycles. The number of benzene rings is 2. The topological polar surface area (TPSA) is 92.6 Å². The third kappa shape index (κ3) is 6.88. The number of nitrogens with zero attached hydrogens (tertiary/aromatic N) is 3. The zero-order valence-corrected chi connectivity index (χ0v) is 17.8. The van der Waals surface area contributed by atoms with E-state index in [1.807, 2.05) is 60.3 Å². The van der Waals surface area contributed by atoms with E-state index in [1.165, 1.54) is 18.2 Å². The largest absolute Gasteiger partial charge is 0.453 e. The second-order valence-corrected chi connectivity index (χ2v) is 6.83. The normalized spacial score (nSPS) is 11.1. The number of aliphatic imine (C=N–C) groups is 1. The molecule has 3 rings (SSSR count). The number of ether oxygens (including phenoxy) is 1. The molecule has 0 bridgehead atoms. The average Bonchev–Trinajstić information content (AvgIpc) is 3.30. The fourth-order valence-corrected chi connectivity index (χ4v) is 3.01. The molecule has 0 saturated carbocycles. The number of hydrogen-bond donors (Lipinski definition) is 3. The zero-order valence-electron chi connectivity index (χ0n) is 17.8. The highest BCUT2D eigenvalue weighted by atomic mass is 16.5. The fraction of sp³-hybridized carbons (Fsp3) is 0.261. The molecule has 0 saturated heterocycles. The Morgan fingerprint density at radius 1 is 1.06 bits per heavy atom. The molecule has 1 heterocycles. The Morgan fingerprint density at radius 3 is 2.52 bits per heavy atom. The molecule has 8 heteroatoms. The van der Waals surface area contributed by atoms with Crippen LogP contribution in [0, 0.1) is 0 Å². The van der Waals surface area contributed by atoms with E-state index >= 15 is 0 Å². The highest BCUT2D eigenvalue weighted by Gasteiger charge is 2.05. The van der Waals surface area contributed by atoms with Crippen molar-refractivity contribution >= 4 is 17.7 Å². The lowest BCUT2D eigenvalue weighted by Crippen LogP contribution is -2.37. The molecular weight excluding hydrogens is 392 g/mol. The summed E-state index contributed by atoms with van der Waals surface area (Å²) in [5.41, 5.74) is 4.12. The number of guanidine groups is 1. The fourth-order valence-electron chi connectivity index (χ4n) is 3.01. The Hall–Kier alpha value is -3.81. The Morgan fingerprint density at radius 2 is 1.84 bits per heavy atom. The van der Waals surface area contributed by atoms with Gasteiger partial charge in [0.25, 0.3) is 0 Å². The Bertz CT molecular complexity index is 984. The van der Waals surface area contributed by atoms with Crippen LogP contribution in [-0.4, -0.2) is 35.5 Å². The van der Waals surface area contributed by atoms with Crippen molar-refractivity contribution in [2.45, 2.75) is 26.6 Å². The second-order valence-electron chi connectivity index (χ2n) is 6.83. The Balaban J connectivity index is 1.61. The van der Waals surface area contributed by atoms with Gasteiger partial charge in [0.1, 0.15) is 0 Å². The van der Waals surface area contributed by atoms with Crippen molar-refractivity contribution in [3.8, 4) is 0 Å². The molecule has 0 aliphatic carbocycles. The maximum atomic E-state index is 11.3. The monoisotopic (exact) mass is 420 g/mol. The van der Waals surface area contributed by atoms with Crippen LogP contribution in [0.4, 0.5) is 10.5 Å². The van der Waals surface area contributed by atoms with E-state index in [4.69, 9.17) is 0 Å². The lowest BCUT2D eigenvalue weighted by Gasteiger charge is -2.14. The lowest BCUT2D eigenvalue weighted by atomic mass is 10.1. The minimum atomic E-state index is -0.489. The highest BCUT2D eigenvalue weighted by molar-refractivity contribution is 5.84. The van der Waals surface area contributed by atoms with E-state index in [0.29, 0.717) is 18.8 Å². The number of rotatable bonds is 8. The van der Waals surface area contributed by atoms with Crippen LogP contribution < -0.4 is 16.0 Å². The van der Waals surface area contributed by atoms with Gasteiger partial charge in [0, 0.05) is 31.2 Å². The molecule has 0 unspecified atom stereocenters. The SMILES string of the molecule is CCNC(=NCc1ccc(NC(=O)OC)cc1)NCc1ccccc1Cn1cccn1. The molecule has 31 heavy (non-hydrogen) atoms. The number of carbonyl (C=O) groups is 1. The molecule has 0 radical (unpaired) electrons. The number of nitrogens with one attached hydrogen (secondary N) is 3. The maximum Gasteiger partial charge on any atom is 0.411 e. The van der Waals surface area contributed by atoms with Crippen LogP contribution in [-0.2, 0) is 24.4 Å². The third-order valence-corrected chi connectivity index (χ3v) is 4.61. The Kier molecular flexibility index (Phi) is 8.05. The van der Waals surface area contributed by atoms with E-state index in [1.54, 1.807) is 6.20 Å². The first-order chi connectivity index (χ1) is 15.2. The first kappa shape index (κ1) is 21.9. The molecule has 0 atom stereocenters. The quantitative estimate of drug-likeness (QED) is 0.384. The van der Waals surface area contributed by atoms with Crippen molar-refractivity contribution in [2.24, 2.45) is 4.99 Å². The predicted octanol–water partition coefficient (Wildman–Crippen LogP) is 3.37. The van der Waals surface area contributed by atoms with E-state index in [-0.39, 0.29) is 0 Å². The lowest BCUT2D eigenvalue weighted by molar-refractivity contribution is 0.187. The highest BCUT2D eigenvalue weighted by Crippen LogP contribution is 2.12. The van der Waals surface area contributed by atoms with E-state index in [9.17, 15) is 4.79 Å². The summed E-state index contributed by atoms with van der Waals surface area (Å²) in [6, 6.07) is 17.7. The van der Waals surface area contributed by atoms with E-state index in [2.05, 4.69) is 42.9 Å². The summed E-state index contributed by atoms with van der Waals surface area (Å²) in [7, 11) is 1.34. The van der Waals surface area contributed by atoms with Crippen LogP contribution in [0.15, 0.2) is 72.0 Å². The number of hydrogen-bond acceptors (Lipinski definition) is 4. The maximum absolute atomic E-state index is 11.3. The predicted molar refractivity (Wildman–Crippen MR) is 122 cm³/mol. The Labute approximate surface area is 182 Å². The van der Waals surface area contributed by atoms with Crippen LogP contribution in [0.2, 0.25) is 0 Å². The molecule has 0 spiro atoms. The second kappa shape index (κ2) is 11.4. The summed E-state index contributed by atoms with van der Waals surface area (Å²) in [4.78, 5) is 16.0. The summed E-state index contributed by atoms with van der Waals surface area (Å²) in [6.07, 6.45) is 3.26. The van der Waals surface area contributed by atoms with Gasteiger partial charge < -0.3 is 15.4 Å². The standard InChI is InChI=1S/C23H28N6O2/c1-3-24-22(25-15-18-9-11-21(12-10-18)28-23(30)31-2)26-16-19-7-4-5-8-20(19)17-29-14-6-13-27-29/h4-14H,3,15-17H2,1-2H3,(H,28,30)(H2,24,25,26). The van der Waals surface area contributed by atoms with Crippen molar-refractivity contribution in [3.63, 3.8) is 0 Å². The summed E-state index contributed by atoms with van der Waals surface area (Å²) in [5, 5.41) is 13.6. The number of methoxy groups -OCH3 is 1. The van der Waals surface area contributed by atoms with Crippen LogP contribution in [0.25, 0.3) is 0 Å². The van der Waals surface area contributed by atoms with Crippen LogP contribution in [0.1, 0.15) is 23.6 Å². The molecule has 2 aromatic carbocycles. The van der Waals surface area contributed by atoms with Gasteiger partial charge in [0.2, 0.25) is 0 Å². The molecule has 0 fully saturated rings. The van der Waals surface area contributed by atoms with E-state index < -0.39 is 6.09 Å². The first-order valence-corrected chi connectivity index (χ1v) is 10.2. The number of aromatic nitrogens is 2. The smallest absolute Gasteiger partial charge is 0.411 e. The van der Waals surface area contributed by atoms with Crippen molar-refractivity contribution < 1.29 is 9.53 Å². The van der Waals surface area contributed by atoms with Crippen molar-refractivity contribution in [1.82, 2.24) is 20.4 Å². The number of carbonyl (C=O) groups excluding carboxylic acids is 1. The molecule has 0 aliphatic rings. The van der Waals surface area contributed by atoms with Gasteiger partial charge in [-0.1, -0.05) is 36.4 Å². The van der Waals surface area contributed by atoms with Gasteiger partial charge in [-0.2, -0.15) is 5.10 Å². The first-order valence-electron chi connectivity index (χ1n) is 10.2. The van der Waals surface area contributed by atoms with Gasteiger partial charge in [-0.05, 0) is 41.8 Å². The average molecular weight is 421 g/mol. The molecule has 3 aromatic rings. The van der Waals surface area contributed by atoms with Gasteiger partial charge >= 0.3 is 6.09 Å². The zero-order chi connectivity index (χ0) is 21.9. The molecule has 0 aliphatic heterocycles. The number of anilines is 1. The van der Waals surface area contributed by atoms with Crippen molar-refractivity contribution in [3.05, 3.63) is 83.7 Å². The molecular formula is C23H28N6O2. The minimum Gasteiger partial charge on any atom is -0.453 e. The van der Waals surface area contributed by atoms with Crippen LogP contribution in [0.5, 0.6) is 0 Å². The van der Waals surface area contributed by atoms with Gasteiger partial charge in [-0.25, -0.2) is 9.79 Å². The van der Waals surface area contributed by atoms with Gasteiger partial charge in [-0.3, -0.25) is 10.00 Å². The van der Waals surface area contributed by atoms with Crippen LogP contribution in [0.3, 0.4) is 0 Å². The third-order valence-electron chi connectivity index (χ3n) is 4.61.